The predicted octanol–water partition coefficient (Wildman–Crippen LogP) is -1.83. The summed E-state index contributed by atoms with van der Waals surface area (Å²) in [4.78, 5) is 10.5. The minimum absolute atomic E-state index is 0.252. The number of nitrogens with two attached hydrogens (primary N) is 1. The smallest absolute Gasteiger partial charge is 0.247 e. The van der Waals surface area contributed by atoms with E-state index in [-0.39, 0.29) is 6.54 Å². The van der Waals surface area contributed by atoms with Crippen LogP contribution in [0.25, 0.3) is 0 Å². The van der Waals surface area contributed by atoms with Gasteiger partial charge >= 0.3 is 0 Å². The lowest BCUT2D eigenvalue weighted by molar-refractivity contribution is -0.125. The quantitative estimate of drug-likeness (QED) is 0.417. The van der Waals surface area contributed by atoms with Crippen LogP contribution in [0.5, 0.6) is 0 Å². The third-order valence-corrected chi connectivity index (χ3v) is 2.23. The molecular weight excluding hydrogens is 170 g/mol. The molecule has 1 saturated heterocycles. The fourth-order valence-corrected chi connectivity index (χ4v) is 1.40. The number of aliphatic hydroxyl groups is 1. The molecule has 1 rings (SSSR count). The molecular formula is C8H17N3O2. The summed E-state index contributed by atoms with van der Waals surface area (Å²) in [7, 11) is 0. The van der Waals surface area contributed by atoms with Crippen molar-refractivity contribution in [2.75, 3.05) is 19.6 Å². The lowest BCUT2D eigenvalue weighted by Crippen LogP contribution is -2.47. The number of carbonyl (C=O) groups is 1. The van der Waals surface area contributed by atoms with Crippen molar-refractivity contribution in [1.82, 2.24) is 10.6 Å². The van der Waals surface area contributed by atoms with Crippen LogP contribution in [-0.2, 0) is 4.79 Å². The van der Waals surface area contributed by atoms with Gasteiger partial charge in [-0.3, -0.25) is 4.79 Å². The topological polar surface area (TPSA) is 87.4 Å². The summed E-state index contributed by atoms with van der Waals surface area (Å²) in [5.41, 5.74) is 4.91. The van der Waals surface area contributed by atoms with E-state index in [2.05, 4.69) is 10.6 Å². The van der Waals surface area contributed by atoms with Crippen LogP contribution in [0.15, 0.2) is 0 Å². The zero-order valence-corrected chi connectivity index (χ0v) is 7.62. The van der Waals surface area contributed by atoms with Crippen molar-refractivity contribution in [3.63, 3.8) is 0 Å². The zero-order chi connectivity index (χ0) is 9.68. The number of amides is 1. The summed E-state index contributed by atoms with van der Waals surface area (Å²) in [6.07, 6.45) is 1.14. The molecule has 2 unspecified atom stereocenters. The number of hydrogen-bond acceptors (Lipinski definition) is 4. The number of rotatable bonds is 4. The van der Waals surface area contributed by atoms with Crippen LogP contribution in [0.1, 0.15) is 12.8 Å². The van der Waals surface area contributed by atoms with Crippen molar-refractivity contribution in [3.05, 3.63) is 0 Å². The minimum atomic E-state index is -1.07. The van der Waals surface area contributed by atoms with Crippen molar-refractivity contribution in [2.24, 2.45) is 5.73 Å². The van der Waals surface area contributed by atoms with Gasteiger partial charge in [0.25, 0.3) is 0 Å². The van der Waals surface area contributed by atoms with Crippen LogP contribution in [0.4, 0.5) is 0 Å². The first-order valence-electron chi connectivity index (χ1n) is 4.61. The van der Waals surface area contributed by atoms with Gasteiger partial charge in [0.15, 0.2) is 0 Å². The lowest BCUT2D eigenvalue weighted by atomic mass is 10.1. The van der Waals surface area contributed by atoms with Crippen molar-refractivity contribution >= 4 is 5.91 Å². The molecule has 5 N–H and O–H groups in total. The first-order chi connectivity index (χ1) is 6.20. The highest BCUT2D eigenvalue weighted by atomic mass is 16.3. The summed E-state index contributed by atoms with van der Waals surface area (Å²) in [5, 5.41) is 15.4. The average Bonchev–Trinajstić information content (AvgIpc) is 2.15. The predicted molar refractivity (Wildman–Crippen MR) is 49.1 cm³/mol. The Bertz CT molecular complexity index is 169. The molecule has 0 saturated carbocycles. The molecule has 5 nitrogen and oxygen atoms in total. The van der Waals surface area contributed by atoms with Crippen LogP contribution < -0.4 is 16.4 Å². The fourth-order valence-electron chi connectivity index (χ4n) is 1.40. The second kappa shape index (κ2) is 5.16. The lowest BCUT2D eigenvalue weighted by Gasteiger charge is -2.24. The maximum absolute atomic E-state index is 10.5. The Morgan fingerprint density at radius 1 is 1.77 bits per heavy atom. The number of piperidine rings is 1. The van der Waals surface area contributed by atoms with Crippen LogP contribution in [0.3, 0.4) is 0 Å². The molecule has 0 aromatic heterocycles. The van der Waals surface area contributed by atoms with E-state index in [1.165, 1.54) is 0 Å². The van der Waals surface area contributed by atoms with Crippen LogP contribution in [0.2, 0.25) is 0 Å². The molecule has 1 heterocycles. The third-order valence-electron chi connectivity index (χ3n) is 2.23. The van der Waals surface area contributed by atoms with Crippen LogP contribution in [-0.4, -0.2) is 42.8 Å². The van der Waals surface area contributed by atoms with Gasteiger partial charge in [-0.2, -0.15) is 0 Å². The Morgan fingerprint density at radius 3 is 3.08 bits per heavy atom. The molecule has 0 aromatic rings. The summed E-state index contributed by atoms with van der Waals surface area (Å²) in [6.45, 7) is 2.20. The molecule has 0 aliphatic carbocycles. The zero-order valence-electron chi connectivity index (χ0n) is 7.62. The summed E-state index contributed by atoms with van der Waals surface area (Å²) in [6, 6.07) is 0.350. The molecule has 1 aliphatic rings. The molecule has 5 heteroatoms. The molecule has 13 heavy (non-hydrogen) atoms. The molecule has 1 amide bonds. The normalized spacial score (nSPS) is 25.5. The van der Waals surface area contributed by atoms with E-state index in [4.69, 9.17) is 10.8 Å². The Hall–Kier alpha value is -0.650. The Balaban J connectivity index is 2.13. The van der Waals surface area contributed by atoms with Gasteiger partial charge in [0, 0.05) is 19.1 Å². The van der Waals surface area contributed by atoms with E-state index in [0.29, 0.717) is 6.04 Å². The van der Waals surface area contributed by atoms with E-state index >= 15 is 0 Å². The third kappa shape index (κ3) is 3.71. The maximum atomic E-state index is 10.5. The summed E-state index contributed by atoms with van der Waals surface area (Å²) in [5.74, 6) is -0.670. The molecule has 1 fully saturated rings. The van der Waals surface area contributed by atoms with Gasteiger partial charge in [-0.15, -0.1) is 0 Å². The van der Waals surface area contributed by atoms with E-state index in [9.17, 15) is 4.79 Å². The number of carbonyl (C=O) groups excluding carboxylic acids is 1. The van der Waals surface area contributed by atoms with Crippen molar-refractivity contribution in [1.29, 1.82) is 0 Å². The van der Waals surface area contributed by atoms with E-state index < -0.39 is 12.0 Å². The number of aliphatic hydroxyl groups excluding tert-OH is 1. The van der Waals surface area contributed by atoms with Crippen molar-refractivity contribution < 1.29 is 9.90 Å². The number of primary amides is 1. The second-order valence-corrected chi connectivity index (χ2v) is 3.37. The van der Waals surface area contributed by atoms with Crippen molar-refractivity contribution in [3.8, 4) is 0 Å². The monoisotopic (exact) mass is 187 g/mol. The van der Waals surface area contributed by atoms with E-state index in [1.54, 1.807) is 0 Å². The highest BCUT2D eigenvalue weighted by Crippen LogP contribution is 2.00. The highest BCUT2D eigenvalue weighted by molar-refractivity contribution is 5.78. The molecule has 2 atom stereocenters. The SMILES string of the molecule is NC(=O)C(O)CNC1CCCNC1. The Labute approximate surface area is 77.7 Å². The minimum Gasteiger partial charge on any atom is -0.382 e. The van der Waals surface area contributed by atoms with Gasteiger partial charge < -0.3 is 21.5 Å². The molecule has 76 valence electrons. The second-order valence-electron chi connectivity index (χ2n) is 3.37. The van der Waals surface area contributed by atoms with E-state index in [1.807, 2.05) is 0 Å². The van der Waals surface area contributed by atoms with Gasteiger partial charge in [-0.25, -0.2) is 0 Å². The fraction of sp³-hybridized carbons (Fsp3) is 0.875. The first-order valence-corrected chi connectivity index (χ1v) is 4.61. The summed E-state index contributed by atoms with van der Waals surface area (Å²) >= 11 is 0. The number of nitrogens with one attached hydrogen (secondary N) is 2. The summed E-state index contributed by atoms with van der Waals surface area (Å²) < 4.78 is 0. The van der Waals surface area contributed by atoms with Crippen molar-refractivity contribution in [2.45, 2.75) is 25.0 Å². The Kier molecular flexibility index (Phi) is 4.14. The first kappa shape index (κ1) is 10.4. The van der Waals surface area contributed by atoms with Gasteiger partial charge in [0.2, 0.25) is 5.91 Å². The van der Waals surface area contributed by atoms with Gasteiger partial charge in [-0.05, 0) is 19.4 Å². The van der Waals surface area contributed by atoms with Crippen LogP contribution >= 0.6 is 0 Å². The maximum Gasteiger partial charge on any atom is 0.247 e. The molecule has 0 radical (unpaired) electrons. The standard InChI is InChI=1S/C8H17N3O2/c9-8(13)7(12)5-11-6-2-1-3-10-4-6/h6-7,10-12H,1-5H2,(H2,9,13). The van der Waals surface area contributed by atoms with Gasteiger partial charge in [0.1, 0.15) is 6.10 Å². The van der Waals surface area contributed by atoms with E-state index in [0.717, 1.165) is 25.9 Å². The number of hydrogen-bond donors (Lipinski definition) is 4. The largest absolute Gasteiger partial charge is 0.382 e. The van der Waals surface area contributed by atoms with Gasteiger partial charge in [0.05, 0.1) is 0 Å². The molecule has 1 aliphatic heterocycles. The molecule has 0 bridgehead atoms. The molecule has 0 aromatic carbocycles. The molecule has 0 spiro atoms. The highest BCUT2D eigenvalue weighted by Gasteiger charge is 2.15. The van der Waals surface area contributed by atoms with Crippen LogP contribution in [0, 0.1) is 0 Å². The van der Waals surface area contributed by atoms with Gasteiger partial charge in [-0.1, -0.05) is 0 Å². The Morgan fingerprint density at radius 2 is 2.54 bits per heavy atom. The average molecular weight is 187 g/mol.